The zero-order valence-electron chi connectivity index (χ0n) is 14.7. The summed E-state index contributed by atoms with van der Waals surface area (Å²) in [5, 5.41) is 2.73. The molecular weight excluding hydrogens is 324 g/mol. The van der Waals surface area contributed by atoms with Gasteiger partial charge in [-0.05, 0) is 25.7 Å². The number of oxazole rings is 1. The van der Waals surface area contributed by atoms with E-state index in [0.29, 0.717) is 43.6 Å². The molecule has 2 amide bonds. The summed E-state index contributed by atoms with van der Waals surface area (Å²) in [7, 11) is 1.66. The van der Waals surface area contributed by atoms with Crippen LogP contribution in [0.5, 0.6) is 0 Å². The van der Waals surface area contributed by atoms with E-state index in [0.717, 1.165) is 6.54 Å². The number of aryl methyl sites for hydroxylation is 1. The molecule has 0 aromatic carbocycles. The van der Waals surface area contributed by atoms with Crippen molar-refractivity contribution in [1.29, 1.82) is 0 Å². The van der Waals surface area contributed by atoms with Gasteiger partial charge < -0.3 is 19.4 Å². The van der Waals surface area contributed by atoms with Crippen molar-refractivity contribution in [1.82, 2.24) is 20.1 Å². The Morgan fingerprint density at radius 1 is 1.36 bits per heavy atom. The van der Waals surface area contributed by atoms with Crippen LogP contribution in [0.2, 0.25) is 0 Å². The highest BCUT2D eigenvalue weighted by atomic mass is 16.5. The SMILES string of the molecule is CNC(=O)C1COC2(CN(C(=O)c3ocnc3C)C2)CN1CC1CC1. The van der Waals surface area contributed by atoms with Crippen molar-refractivity contribution < 1.29 is 18.7 Å². The highest BCUT2D eigenvalue weighted by molar-refractivity contribution is 5.93. The van der Waals surface area contributed by atoms with Crippen LogP contribution in [0.1, 0.15) is 29.1 Å². The summed E-state index contributed by atoms with van der Waals surface area (Å²) in [5.74, 6) is 0.840. The smallest absolute Gasteiger partial charge is 0.291 e. The van der Waals surface area contributed by atoms with E-state index in [2.05, 4.69) is 15.2 Å². The Bertz CT molecular complexity index is 678. The number of ether oxygens (including phenoxy) is 1. The number of nitrogens with one attached hydrogen (secondary N) is 1. The lowest BCUT2D eigenvalue weighted by molar-refractivity contribution is -0.192. The van der Waals surface area contributed by atoms with Crippen molar-refractivity contribution in [2.45, 2.75) is 31.4 Å². The number of rotatable bonds is 4. The number of nitrogens with zero attached hydrogens (tertiary/aromatic N) is 3. The van der Waals surface area contributed by atoms with Gasteiger partial charge in [0, 0.05) is 20.1 Å². The van der Waals surface area contributed by atoms with Gasteiger partial charge in [-0.2, -0.15) is 0 Å². The Morgan fingerprint density at radius 3 is 2.72 bits per heavy atom. The number of carbonyl (C=O) groups excluding carboxylic acids is 2. The number of likely N-dealkylation sites (tertiary alicyclic amines) is 1. The first kappa shape index (κ1) is 16.5. The van der Waals surface area contributed by atoms with E-state index in [1.54, 1.807) is 18.9 Å². The molecule has 1 aromatic heterocycles. The van der Waals surface area contributed by atoms with Gasteiger partial charge in [0.25, 0.3) is 5.91 Å². The summed E-state index contributed by atoms with van der Waals surface area (Å²) in [6.07, 6.45) is 3.76. The maximum absolute atomic E-state index is 12.5. The quantitative estimate of drug-likeness (QED) is 0.826. The summed E-state index contributed by atoms with van der Waals surface area (Å²) < 4.78 is 11.3. The summed E-state index contributed by atoms with van der Waals surface area (Å²) in [4.78, 5) is 32.6. The van der Waals surface area contributed by atoms with Crippen LogP contribution in [0.15, 0.2) is 10.8 Å². The van der Waals surface area contributed by atoms with Gasteiger partial charge in [-0.1, -0.05) is 0 Å². The molecule has 2 aliphatic heterocycles. The van der Waals surface area contributed by atoms with Gasteiger partial charge in [0.1, 0.15) is 11.6 Å². The fraction of sp³-hybridized carbons (Fsp3) is 0.706. The predicted molar refractivity (Wildman–Crippen MR) is 88.0 cm³/mol. The summed E-state index contributed by atoms with van der Waals surface area (Å²) in [5.41, 5.74) is 0.230. The number of aromatic nitrogens is 1. The minimum absolute atomic E-state index is 0.0000377. The molecule has 3 aliphatic rings. The molecule has 1 unspecified atom stereocenters. The number of likely N-dealkylation sites (N-methyl/N-ethyl adjacent to an activating group) is 1. The minimum Gasteiger partial charge on any atom is -0.438 e. The molecule has 8 nitrogen and oxygen atoms in total. The molecule has 3 fully saturated rings. The molecule has 0 radical (unpaired) electrons. The molecule has 136 valence electrons. The van der Waals surface area contributed by atoms with Crippen LogP contribution in [0.4, 0.5) is 0 Å². The van der Waals surface area contributed by atoms with Gasteiger partial charge in [0.15, 0.2) is 6.39 Å². The third-order valence-corrected chi connectivity index (χ3v) is 5.40. The standard InChI is InChI=1S/C17H24N4O4/c1-11-14(24-10-19-11)16(23)21-8-17(9-21)7-20(5-12-3-4-12)13(6-25-17)15(22)18-2/h10,12-13H,3-9H2,1-2H3,(H,18,22). The number of hydrogen-bond donors (Lipinski definition) is 1. The molecular formula is C17H24N4O4. The van der Waals surface area contributed by atoms with Crippen LogP contribution in [0.25, 0.3) is 0 Å². The van der Waals surface area contributed by atoms with E-state index in [9.17, 15) is 9.59 Å². The van der Waals surface area contributed by atoms with E-state index >= 15 is 0 Å². The van der Waals surface area contributed by atoms with Crippen LogP contribution in [0, 0.1) is 12.8 Å². The van der Waals surface area contributed by atoms with Crippen molar-refractivity contribution in [3.05, 3.63) is 17.8 Å². The van der Waals surface area contributed by atoms with Gasteiger partial charge in [-0.25, -0.2) is 4.98 Å². The molecule has 1 aromatic rings. The average Bonchev–Trinajstić information content (AvgIpc) is 3.29. The van der Waals surface area contributed by atoms with Gasteiger partial charge in [0.05, 0.1) is 25.4 Å². The molecule has 8 heteroatoms. The molecule has 1 atom stereocenters. The minimum atomic E-state index is -0.372. The fourth-order valence-corrected chi connectivity index (χ4v) is 3.75. The first-order valence-electron chi connectivity index (χ1n) is 8.80. The molecule has 1 N–H and O–H groups in total. The van der Waals surface area contributed by atoms with E-state index < -0.39 is 0 Å². The van der Waals surface area contributed by atoms with E-state index in [4.69, 9.17) is 9.15 Å². The highest BCUT2D eigenvalue weighted by Gasteiger charge is 2.53. The summed E-state index contributed by atoms with van der Waals surface area (Å²) >= 11 is 0. The van der Waals surface area contributed by atoms with Gasteiger partial charge in [-0.3, -0.25) is 14.5 Å². The lowest BCUT2D eigenvalue weighted by Gasteiger charge is -2.55. The van der Waals surface area contributed by atoms with Gasteiger partial charge >= 0.3 is 0 Å². The molecule has 3 heterocycles. The molecule has 1 spiro atoms. The molecule has 1 aliphatic carbocycles. The van der Waals surface area contributed by atoms with Crippen molar-refractivity contribution in [3.8, 4) is 0 Å². The Balaban J connectivity index is 1.41. The van der Waals surface area contributed by atoms with E-state index in [-0.39, 0.29) is 23.5 Å². The molecule has 4 rings (SSSR count). The van der Waals surface area contributed by atoms with Crippen LogP contribution in [-0.4, -0.2) is 78.1 Å². The summed E-state index contributed by atoms with van der Waals surface area (Å²) in [6, 6.07) is -0.238. The van der Waals surface area contributed by atoms with Crippen LogP contribution >= 0.6 is 0 Å². The zero-order chi connectivity index (χ0) is 17.6. The lowest BCUT2D eigenvalue weighted by Crippen LogP contribution is -2.73. The van der Waals surface area contributed by atoms with Crippen molar-refractivity contribution >= 4 is 11.8 Å². The normalized spacial score (nSPS) is 25.7. The maximum atomic E-state index is 12.5. The van der Waals surface area contributed by atoms with Gasteiger partial charge in [-0.15, -0.1) is 0 Å². The fourth-order valence-electron chi connectivity index (χ4n) is 3.75. The second kappa shape index (κ2) is 6.10. The molecule has 0 bridgehead atoms. The van der Waals surface area contributed by atoms with E-state index in [1.807, 2.05) is 0 Å². The second-order valence-electron chi connectivity index (χ2n) is 7.42. The average molecular weight is 348 g/mol. The monoisotopic (exact) mass is 348 g/mol. The van der Waals surface area contributed by atoms with Gasteiger partial charge in [0.2, 0.25) is 11.7 Å². The van der Waals surface area contributed by atoms with Crippen LogP contribution in [-0.2, 0) is 9.53 Å². The number of amides is 2. The number of hydrogen-bond acceptors (Lipinski definition) is 6. The van der Waals surface area contributed by atoms with Crippen molar-refractivity contribution in [2.24, 2.45) is 5.92 Å². The lowest BCUT2D eigenvalue weighted by atomic mass is 9.89. The number of morpholine rings is 1. The first-order valence-corrected chi connectivity index (χ1v) is 8.80. The molecule has 2 saturated heterocycles. The highest BCUT2D eigenvalue weighted by Crippen LogP contribution is 2.36. The Labute approximate surface area is 146 Å². The Hall–Kier alpha value is -1.93. The summed E-state index contributed by atoms with van der Waals surface area (Å²) in [6.45, 7) is 4.78. The third kappa shape index (κ3) is 3.04. The third-order valence-electron chi connectivity index (χ3n) is 5.40. The van der Waals surface area contributed by atoms with Crippen LogP contribution < -0.4 is 5.32 Å². The molecule has 1 saturated carbocycles. The predicted octanol–water partition coefficient (Wildman–Crippen LogP) is 0.0344. The largest absolute Gasteiger partial charge is 0.438 e. The topological polar surface area (TPSA) is 87.9 Å². The van der Waals surface area contributed by atoms with Crippen LogP contribution in [0.3, 0.4) is 0 Å². The zero-order valence-corrected chi connectivity index (χ0v) is 14.7. The second-order valence-corrected chi connectivity index (χ2v) is 7.42. The Kier molecular flexibility index (Phi) is 4.04. The maximum Gasteiger partial charge on any atom is 0.291 e. The van der Waals surface area contributed by atoms with Crippen molar-refractivity contribution in [3.63, 3.8) is 0 Å². The first-order chi connectivity index (χ1) is 12.0. The Morgan fingerprint density at radius 2 is 2.12 bits per heavy atom. The van der Waals surface area contributed by atoms with Crippen molar-refractivity contribution in [2.75, 3.05) is 39.8 Å². The van der Waals surface area contributed by atoms with E-state index in [1.165, 1.54) is 19.2 Å². The molecule has 25 heavy (non-hydrogen) atoms. The number of carbonyl (C=O) groups is 2.